The number of hydrogen-bond donors (Lipinski definition) is 0. The average molecular weight is 348 g/mol. The van der Waals surface area contributed by atoms with Crippen LogP contribution in [-0.4, -0.2) is 44.7 Å². The lowest BCUT2D eigenvalue weighted by molar-refractivity contribution is 0.0821. The molecule has 0 atom stereocenters. The van der Waals surface area contributed by atoms with Crippen molar-refractivity contribution in [2.24, 2.45) is 0 Å². The topological polar surface area (TPSA) is 67.2 Å². The molecular weight excluding hydrogens is 328 g/mol. The molecule has 1 aliphatic rings. The molecule has 0 saturated heterocycles. The second kappa shape index (κ2) is 6.59. The van der Waals surface area contributed by atoms with Gasteiger partial charge in [-0.05, 0) is 5.56 Å². The van der Waals surface area contributed by atoms with Gasteiger partial charge in [-0.25, -0.2) is 4.98 Å². The lowest BCUT2D eigenvalue weighted by atomic mass is 10.2. The molecule has 0 saturated carbocycles. The van der Waals surface area contributed by atoms with Crippen LogP contribution in [-0.2, 0) is 19.6 Å². The van der Waals surface area contributed by atoms with Gasteiger partial charge in [-0.15, -0.1) is 0 Å². The third kappa shape index (κ3) is 3.15. The van der Waals surface area contributed by atoms with E-state index >= 15 is 0 Å². The molecule has 0 radical (unpaired) electrons. The van der Waals surface area contributed by atoms with E-state index in [0.29, 0.717) is 18.1 Å². The largest absolute Gasteiger partial charge is 0.345 e. The summed E-state index contributed by atoms with van der Waals surface area (Å²) in [5, 5.41) is 4.70. The maximum atomic E-state index is 12.1. The van der Waals surface area contributed by atoms with Crippen LogP contribution in [0.15, 0.2) is 48.9 Å². The predicted molar refractivity (Wildman–Crippen MR) is 97.7 cm³/mol. The van der Waals surface area contributed by atoms with Gasteiger partial charge in [-0.3, -0.25) is 14.5 Å². The molecule has 0 aliphatic carbocycles. The van der Waals surface area contributed by atoms with Crippen LogP contribution in [0.5, 0.6) is 0 Å². The normalized spacial score (nSPS) is 12.9. The third-order valence-corrected chi connectivity index (χ3v) is 4.39. The molecule has 1 aromatic carbocycles. The Hall–Kier alpha value is -3.22. The van der Waals surface area contributed by atoms with Crippen molar-refractivity contribution in [1.29, 1.82) is 0 Å². The van der Waals surface area contributed by atoms with E-state index in [1.54, 1.807) is 20.3 Å². The summed E-state index contributed by atoms with van der Waals surface area (Å²) in [7, 11) is 3.41. The fourth-order valence-electron chi connectivity index (χ4n) is 3.06. The van der Waals surface area contributed by atoms with Crippen LogP contribution in [0.1, 0.15) is 27.3 Å². The number of fused-ring (bicyclic) bond motifs is 1. The number of benzene rings is 1. The Kier molecular flexibility index (Phi) is 4.12. The lowest BCUT2D eigenvalue weighted by Crippen LogP contribution is -2.24. The summed E-state index contributed by atoms with van der Waals surface area (Å²) in [6.07, 6.45) is 5.28. The molecule has 0 fully saturated rings. The molecule has 0 spiro atoms. The van der Waals surface area contributed by atoms with Gasteiger partial charge < -0.3 is 9.80 Å². The summed E-state index contributed by atoms with van der Waals surface area (Å²) >= 11 is 0. The number of anilines is 1. The molecule has 3 heterocycles. The summed E-state index contributed by atoms with van der Waals surface area (Å²) in [4.78, 5) is 24.3. The number of carbonyl (C=O) groups excluding carboxylic acids is 1. The molecule has 4 rings (SSSR count). The predicted octanol–water partition coefficient (Wildman–Crippen LogP) is 1.94. The summed E-state index contributed by atoms with van der Waals surface area (Å²) in [5.41, 5.74) is 3.82. The van der Waals surface area contributed by atoms with Crippen LogP contribution in [0.25, 0.3) is 0 Å². The van der Waals surface area contributed by atoms with Crippen molar-refractivity contribution in [2.75, 3.05) is 19.0 Å². The van der Waals surface area contributed by atoms with Crippen LogP contribution in [0.3, 0.4) is 0 Å². The first-order valence-electron chi connectivity index (χ1n) is 8.48. The summed E-state index contributed by atoms with van der Waals surface area (Å²) in [6, 6.07) is 10.3. The molecule has 2 aromatic heterocycles. The molecule has 26 heavy (non-hydrogen) atoms. The Balaban J connectivity index is 1.49. The highest BCUT2D eigenvalue weighted by atomic mass is 16.2. The van der Waals surface area contributed by atoms with Crippen LogP contribution < -0.4 is 4.90 Å². The summed E-state index contributed by atoms with van der Waals surface area (Å²) < 4.78 is 1.98. The molecule has 7 nitrogen and oxygen atoms in total. The van der Waals surface area contributed by atoms with Gasteiger partial charge in [0.1, 0.15) is 11.5 Å². The van der Waals surface area contributed by atoms with Crippen molar-refractivity contribution in [3.63, 3.8) is 0 Å². The standard InChI is InChI=1S/C19H20N6O/c1-23(2)19(26)16-8-20-9-18(21-16)24-11-15-12-25(22-17(15)13-24)10-14-6-4-3-5-7-14/h3-9,12H,10-11,13H2,1-2H3. The Morgan fingerprint density at radius 2 is 1.96 bits per heavy atom. The van der Waals surface area contributed by atoms with Crippen molar-refractivity contribution in [3.8, 4) is 0 Å². The molecule has 132 valence electrons. The van der Waals surface area contributed by atoms with E-state index in [4.69, 9.17) is 5.10 Å². The molecule has 1 aliphatic heterocycles. The van der Waals surface area contributed by atoms with Crippen LogP contribution in [0.2, 0.25) is 0 Å². The maximum absolute atomic E-state index is 12.1. The number of rotatable bonds is 4. The second-order valence-electron chi connectivity index (χ2n) is 6.60. The van der Waals surface area contributed by atoms with Gasteiger partial charge >= 0.3 is 0 Å². The van der Waals surface area contributed by atoms with Crippen LogP contribution >= 0.6 is 0 Å². The van der Waals surface area contributed by atoms with Crippen molar-refractivity contribution in [1.82, 2.24) is 24.6 Å². The first-order chi connectivity index (χ1) is 12.6. The second-order valence-corrected chi connectivity index (χ2v) is 6.60. The van der Waals surface area contributed by atoms with Crippen molar-refractivity contribution < 1.29 is 4.79 Å². The van der Waals surface area contributed by atoms with Gasteiger partial charge in [0.25, 0.3) is 5.91 Å². The lowest BCUT2D eigenvalue weighted by Gasteiger charge is -2.17. The van der Waals surface area contributed by atoms with E-state index in [1.165, 1.54) is 22.2 Å². The molecule has 0 bridgehead atoms. The minimum absolute atomic E-state index is 0.149. The molecular formula is C19H20N6O. The fraction of sp³-hybridized carbons (Fsp3) is 0.263. The fourth-order valence-corrected chi connectivity index (χ4v) is 3.06. The minimum Gasteiger partial charge on any atom is -0.345 e. The minimum atomic E-state index is -0.149. The zero-order chi connectivity index (χ0) is 18.1. The van der Waals surface area contributed by atoms with E-state index in [2.05, 4.69) is 33.2 Å². The highest BCUT2D eigenvalue weighted by Gasteiger charge is 2.24. The number of hydrogen-bond acceptors (Lipinski definition) is 5. The first-order valence-corrected chi connectivity index (χ1v) is 8.48. The molecule has 3 aromatic rings. The van der Waals surface area contributed by atoms with Gasteiger partial charge in [-0.1, -0.05) is 30.3 Å². The smallest absolute Gasteiger partial charge is 0.273 e. The van der Waals surface area contributed by atoms with E-state index in [9.17, 15) is 4.79 Å². The molecule has 7 heteroatoms. The Labute approximate surface area is 151 Å². The van der Waals surface area contributed by atoms with E-state index < -0.39 is 0 Å². The Bertz CT molecular complexity index is 911. The van der Waals surface area contributed by atoms with Gasteiger partial charge in [0.15, 0.2) is 0 Å². The number of amides is 1. The highest BCUT2D eigenvalue weighted by Crippen LogP contribution is 2.26. The van der Waals surface area contributed by atoms with Gasteiger partial charge in [0.05, 0.1) is 31.2 Å². The summed E-state index contributed by atoms with van der Waals surface area (Å²) in [6.45, 7) is 2.16. The Morgan fingerprint density at radius 1 is 1.15 bits per heavy atom. The molecule has 0 N–H and O–H groups in total. The zero-order valence-corrected chi connectivity index (χ0v) is 14.8. The van der Waals surface area contributed by atoms with Crippen LogP contribution in [0, 0.1) is 0 Å². The quantitative estimate of drug-likeness (QED) is 0.721. The van der Waals surface area contributed by atoms with Crippen molar-refractivity contribution in [2.45, 2.75) is 19.6 Å². The monoisotopic (exact) mass is 348 g/mol. The van der Waals surface area contributed by atoms with Gasteiger partial charge in [0, 0.05) is 32.4 Å². The van der Waals surface area contributed by atoms with Crippen molar-refractivity contribution in [3.05, 3.63) is 71.4 Å². The van der Waals surface area contributed by atoms with Gasteiger partial charge in [0.2, 0.25) is 0 Å². The summed E-state index contributed by atoms with van der Waals surface area (Å²) in [5.74, 6) is 0.551. The van der Waals surface area contributed by atoms with Gasteiger partial charge in [-0.2, -0.15) is 5.10 Å². The molecule has 1 amide bonds. The SMILES string of the molecule is CN(C)C(=O)c1cncc(N2Cc3cn(Cc4ccccc4)nc3C2)n1. The van der Waals surface area contributed by atoms with Crippen molar-refractivity contribution >= 4 is 11.7 Å². The number of aromatic nitrogens is 4. The van der Waals surface area contributed by atoms with E-state index in [1.807, 2.05) is 22.9 Å². The number of carbonyl (C=O) groups is 1. The highest BCUT2D eigenvalue weighted by molar-refractivity contribution is 5.91. The first kappa shape index (κ1) is 16.3. The maximum Gasteiger partial charge on any atom is 0.273 e. The van der Waals surface area contributed by atoms with E-state index in [-0.39, 0.29) is 5.91 Å². The average Bonchev–Trinajstić information content (AvgIpc) is 3.20. The van der Waals surface area contributed by atoms with Crippen LogP contribution in [0.4, 0.5) is 5.82 Å². The molecule has 0 unspecified atom stereocenters. The Morgan fingerprint density at radius 3 is 2.69 bits per heavy atom. The third-order valence-electron chi connectivity index (χ3n) is 4.39. The number of nitrogens with zero attached hydrogens (tertiary/aromatic N) is 6. The zero-order valence-electron chi connectivity index (χ0n) is 14.8. The van der Waals surface area contributed by atoms with E-state index in [0.717, 1.165) is 18.8 Å².